The van der Waals surface area contributed by atoms with Crippen LogP contribution < -0.4 is 4.74 Å². The topological polar surface area (TPSA) is 46.6 Å². The van der Waals surface area contributed by atoms with Gasteiger partial charge in [-0.25, -0.2) is 8.42 Å². The summed E-state index contributed by atoms with van der Waals surface area (Å²) in [6.45, 7) is -1.96. The Kier molecular flexibility index (Phi) is 6.28. The molecule has 0 saturated heterocycles. The molecule has 0 saturated carbocycles. The Balaban J connectivity index is 1.88. The highest BCUT2D eigenvalue weighted by Gasteiger charge is 2.15. The first-order valence-electron chi connectivity index (χ1n) is 7.37. The van der Waals surface area contributed by atoms with Crippen LogP contribution >= 0.6 is 0 Å². The average Bonchev–Trinajstić information content (AvgIpc) is 2.55. The lowest BCUT2D eigenvalue weighted by Crippen LogP contribution is -2.25. The molecule has 0 bridgehead atoms. The van der Waals surface area contributed by atoms with Crippen molar-refractivity contribution in [3.63, 3.8) is 0 Å². The van der Waals surface area contributed by atoms with Gasteiger partial charge in [-0.1, -0.05) is 30.3 Å². The average molecular weight is 355 g/mol. The van der Waals surface area contributed by atoms with Gasteiger partial charge in [-0.05, 0) is 36.9 Å². The molecule has 0 aliphatic rings. The van der Waals surface area contributed by atoms with E-state index in [1.165, 1.54) is 12.1 Å². The van der Waals surface area contributed by atoms with Crippen LogP contribution in [0.3, 0.4) is 0 Å². The molecule has 0 unspecified atom stereocenters. The first-order valence-corrected chi connectivity index (χ1v) is 9.02. The number of nitrogens with zero attached hydrogens (tertiary/aromatic N) is 1. The Morgan fingerprint density at radius 2 is 1.67 bits per heavy atom. The van der Waals surface area contributed by atoms with E-state index >= 15 is 0 Å². The largest absolute Gasteiger partial charge is 0.435 e. The molecule has 0 amide bonds. The number of rotatable bonds is 8. The van der Waals surface area contributed by atoms with E-state index in [9.17, 15) is 17.2 Å². The van der Waals surface area contributed by atoms with Crippen LogP contribution in [0.4, 0.5) is 8.78 Å². The first kappa shape index (κ1) is 18.4. The van der Waals surface area contributed by atoms with Crippen molar-refractivity contribution in [2.24, 2.45) is 0 Å². The molecule has 130 valence electrons. The second kappa shape index (κ2) is 8.21. The molecule has 0 aromatic heterocycles. The molecule has 24 heavy (non-hydrogen) atoms. The Morgan fingerprint density at radius 3 is 2.25 bits per heavy atom. The van der Waals surface area contributed by atoms with Crippen molar-refractivity contribution < 1.29 is 21.9 Å². The fraction of sp³-hybridized carbons (Fsp3) is 0.294. The Morgan fingerprint density at radius 1 is 1.04 bits per heavy atom. The van der Waals surface area contributed by atoms with E-state index in [2.05, 4.69) is 4.74 Å². The molecule has 2 aromatic carbocycles. The van der Waals surface area contributed by atoms with Gasteiger partial charge in [0.25, 0.3) is 0 Å². The number of hydrogen-bond acceptors (Lipinski definition) is 4. The maximum atomic E-state index is 12.2. The van der Waals surface area contributed by atoms with Crippen LogP contribution in [0.5, 0.6) is 5.75 Å². The lowest BCUT2D eigenvalue weighted by Gasteiger charge is -2.17. The zero-order valence-electron chi connectivity index (χ0n) is 13.2. The third-order valence-electron chi connectivity index (χ3n) is 3.45. The third-order valence-corrected chi connectivity index (χ3v) is 5.16. The number of sulfone groups is 1. The predicted molar refractivity (Wildman–Crippen MR) is 87.9 cm³/mol. The Hall–Kier alpha value is -1.99. The standard InChI is InChI=1S/C17H19F2NO3S/c1-20(11-12-24(21,22)16-5-3-2-4-6-16)13-14-7-9-15(10-8-14)23-17(18)19/h2-10,17H,11-13H2,1H3. The van der Waals surface area contributed by atoms with Gasteiger partial charge in [0.2, 0.25) is 0 Å². The second-order valence-corrected chi connectivity index (χ2v) is 7.50. The quantitative estimate of drug-likeness (QED) is 0.730. The highest BCUT2D eigenvalue weighted by atomic mass is 32.2. The van der Waals surface area contributed by atoms with E-state index < -0.39 is 16.4 Å². The molecule has 0 aliphatic carbocycles. The molecule has 4 nitrogen and oxygen atoms in total. The summed E-state index contributed by atoms with van der Waals surface area (Å²) in [4.78, 5) is 2.18. The fourth-order valence-corrected chi connectivity index (χ4v) is 3.55. The van der Waals surface area contributed by atoms with Gasteiger partial charge in [0.1, 0.15) is 5.75 Å². The van der Waals surface area contributed by atoms with Crippen LogP contribution in [0.25, 0.3) is 0 Å². The van der Waals surface area contributed by atoms with Gasteiger partial charge in [-0.3, -0.25) is 0 Å². The number of alkyl halides is 2. The lowest BCUT2D eigenvalue weighted by atomic mass is 10.2. The second-order valence-electron chi connectivity index (χ2n) is 5.39. The molecule has 0 spiro atoms. The van der Waals surface area contributed by atoms with Crippen molar-refractivity contribution in [1.29, 1.82) is 0 Å². The SMILES string of the molecule is CN(CCS(=O)(=O)c1ccccc1)Cc1ccc(OC(F)F)cc1. The minimum Gasteiger partial charge on any atom is -0.435 e. The monoisotopic (exact) mass is 355 g/mol. The van der Waals surface area contributed by atoms with Crippen LogP contribution in [0.1, 0.15) is 5.56 Å². The molecular weight excluding hydrogens is 336 g/mol. The van der Waals surface area contributed by atoms with Crippen molar-refractivity contribution >= 4 is 9.84 Å². The first-order chi connectivity index (χ1) is 11.4. The van der Waals surface area contributed by atoms with E-state index in [0.717, 1.165) is 5.56 Å². The molecule has 0 N–H and O–H groups in total. The fourth-order valence-electron chi connectivity index (χ4n) is 2.19. The molecule has 0 heterocycles. The molecule has 0 atom stereocenters. The van der Waals surface area contributed by atoms with Crippen molar-refractivity contribution in [2.75, 3.05) is 19.3 Å². The molecule has 0 fully saturated rings. The minimum absolute atomic E-state index is 0.0140. The van der Waals surface area contributed by atoms with Gasteiger partial charge in [0.15, 0.2) is 9.84 Å². The number of ether oxygens (including phenoxy) is 1. The highest BCUT2D eigenvalue weighted by molar-refractivity contribution is 7.91. The summed E-state index contributed by atoms with van der Waals surface area (Å²) < 4.78 is 52.9. The highest BCUT2D eigenvalue weighted by Crippen LogP contribution is 2.16. The number of halogens is 2. The lowest BCUT2D eigenvalue weighted by molar-refractivity contribution is -0.0498. The summed E-state index contributed by atoms with van der Waals surface area (Å²) in [7, 11) is -1.50. The van der Waals surface area contributed by atoms with Gasteiger partial charge in [-0.2, -0.15) is 8.78 Å². The van der Waals surface area contributed by atoms with Gasteiger partial charge in [0.05, 0.1) is 10.6 Å². The third kappa shape index (κ3) is 5.58. The summed E-state index contributed by atoms with van der Waals surface area (Å²) >= 11 is 0. The molecule has 0 aliphatic heterocycles. The van der Waals surface area contributed by atoms with Gasteiger partial charge in [0, 0.05) is 13.1 Å². The number of hydrogen-bond donors (Lipinski definition) is 0. The van der Waals surface area contributed by atoms with E-state index in [4.69, 9.17) is 0 Å². The molecule has 0 radical (unpaired) electrons. The molecular formula is C17H19F2NO3S. The summed E-state index contributed by atoms with van der Waals surface area (Å²) in [5.41, 5.74) is 0.885. The van der Waals surface area contributed by atoms with E-state index in [1.807, 2.05) is 11.9 Å². The molecule has 2 aromatic rings. The minimum atomic E-state index is -3.31. The van der Waals surface area contributed by atoms with Crippen molar-refractivity contribution in [3.8, 4) is 5.75 Å². The van der Waals surface area contributed by atoms with E-state index in [-0.39, 0.29) is 11.5 Å². The zero-order valence-corrected chi connectivity index (χ0v) is 14.0. The van der Waals surface area contributed by atoms with Crippen LogP contribution in [-0.4, -0.2) is 39.3 Å². The summed E-state index contributed by atoms with van der Waals surface area (Å²) in [5.74, 6) is 0.114. The van der Waals surface area contributed by atoms with Gasteiger partial charge in [-0.15, -0.1) is 0 Å². The summed E-state index contributed by atoms with van der Waals surface area (Å²) in [6, 6.07) is 14.6. The number of benzene rings is 2. The van der Waals surface area contributed by atoms with Crippen LogP contribution in [0, 0.1) is 0 Å². The molecule has 2 rings (SSSR count). The van der Waals surface area contributed by atoms with Crippen molar-refractivity contribution in [1.82, 2.24) is 4.90 Å². The zero-order chi connectivity index (χ0) is 17.6. The van der Waals surface area contributed by atoms with Gasteiger partial charge < -0.3 is 9.64 Å². The van der Waals surface area contributed by atoms with E-state index in [1.54, 1.807) is 42.5 Å². The van der Waals surface area contributed by atoms with Crippen LogP contribution in [0.15, 0.2) is 59.5 Å². The maximum Gasteiger partial charge on any atom is 0.387 e. The smallest absolute Gasteiger partial charge is 0.387 e. The van der Waals surface area contributed by atoms with E-state index in [0.29, 0.717) is 18.0 Å². The van der Waals surface area contributed by atoms with Crippen molar-refractivity contribution in [2.45, 2.75) is 18.1 Å². The van der Waals surface area contributed by atoms with Crippen LogP contribution in [0.2, 0.25) is 0 Å². The van der Waals surface area contributed by atoms with Gasteiger partial charge >= 0.3 is 6.61 Å². The summed E-state index contributed by atoms with van der Waals surface area (Å²) in [5, 5.41) is 0. The summed E-state index contributed by atoms with van der Waals surface area (Å²) in [6.07, 6.45) is 0. The maximum absolute atomic E-state index is 12.2. The predicted octanol–water partition coefficient (Wildman–Crippen LogP) is 3.19. The Bertz CT molecular complexity index is 734. The Labute approximate surface area is 140 Å². The molecule has 7 heteroatoms. The van der Waals surface area contributed by atoms with Crippen molar-refractivity contribution in [3.05, 3.63) is 60.2 Å². The normalized spacial score (nSPS) is 11.9. The van der Waals surface area contributed by atoms with Crippen LogP contribution in [-0.2, 0) is 16.4 Å².